The Balaban J connectivity index is 2.12. The van der Waals surface area contributed by atoms with Crippen molar-refractivity contribution in [3.63, 3.8) is 0 Å². The molecule has 0 aliphatic heterocycles. The van der Waals surface area contributed by atoms with Gasteiger partial charge < -0.3 is 10.2 Å². The van der Waals surface area contributed by atoms with Gasteiger partial charge in [-0.2, -0.15) is 0 Å². The van der Waals surface area contributed by atoms with E-state index in [4.69, 9.17) is 0 Å². The lowest BCUT2D eigenvalue weighted by atomic mass is 10.1. The quantitative estimate of drug-likeness (QED) is 0.904. The molecule has 0 radical (unpaired) electrons. The van der Waals surface area contributed by atoms with E-state index in [1.54, 1.807) is 0 Å². The summed E-state index contributed by atoms with van der Waals surface area (Å²) in [6.07, 6.45) is 3.69. The van der Waals surface area contributed by atoms with Gasteiger partial charge in [0.2, 0.25) is 0 Å². The third-order valence-electron chi connectivity index (χ3n) is 3.32. The summed E-state index contributed by atoms with van der Waals surface area (Å²) in [5, 5.41) is 3.50. The average molecular weight is 255 g/mol. The van der Waals surface area contributed by atoms with Gasteiger partial charge in [-0.05, 0) is 43.2 Å². The first-order chi connectivity index (χ1) is 9.08. The zero-order valence-electron chi connectivity index (χ0n) is 12.0. The van der Waals surface area contributed by atoms with Crippen molar-refractivity contribution in [2.75, 3.05) is 24.3 Å². The van der Waals surface area contributed by atoms with Gasteiger partial charge in [-0.1, -0.05) is 12.1 Å². The number of hydrogen-bond acceptors (Lipinski definition) is 3. The smallest absolute Gasteiger partial charge is 0.0561 e. The van der Waals surface area contributed by atoms with E-state index in [-0.39, 0.29) is 6.04 Å². The van der Waals surface area contributed by atoms with Crippen LogP contribution >= 0.6 is 0 Å². The third kappa shape index (κ3) is 3.25. The molecule has 100 valence electrons. The Bertz CT molecular complexity index is 532. The molecule has 0 fully saturated rings. The van der Waals surface area contributed by atoms with E-state index in [2.05, 4.69) is 67.4 Å². The van der Waals surface area contributed by atoms with Gasteiger partial charge in [-0.25, -0.2) is 0 Å². The standard InChI is InChI=1S/C16H21N3/c1-12-9-10-17-11-16(12)18-13(2)14-5-7-15(8-6-14)19(3)4/h5-11,13,18H,1-4H3. The second-order valence-corrected chi connectivity index (χ2v) is 5.04. The molecule has 0 spiro atoms. The maximum absolute atomic E-state index is 4.16. The van der Waals surface area contributed by atoms with Crippen LogP contribution in [0.1, 0.15) is 24.1 Å². The Morgan fingerprint density at radius 1 is 1.11 bits per heavy atom. The Hall–Kier alpha value is -2.03. The molecule has 1 aromatic heterocycles. The third-order valence-corrected chi connectivity index (χ3v) is 3.32. The predicted molar refractivity (Wildman–Crippen MR) is 81.8 cm³/mol. The zero-order chi connectivity index (χ0) is 13.8. The van der Waals surface area contributed by atoms with Crippen LogP contribution in [-0.4, -0.2) is 19.1 Å². The number of nitrogens with zero attached hydrogens (tertiary/aromatic N) is 2. The molecule has 1 atom stereocenters. The topological polar surface area (TPSA) is 28.2 Å². The van der Waals surface area contributed by atoms with Crippen molar-refractivity contribution in [2.45, 2.75) is 19.9 Å². The van der Waals surface area contributed by atoms with Crippen molar-refractivity contribution < 1.29 is 0 Å². The van der Waals surface area contributed by atoms with Crippen LogP contribution in [0.25, 0.3) is 0 Å². The molecule has 0 amide bonds. The molecule has 3 heteroatoms. The second-order valence-electron chi connectivity index (χ2n) is 5.04. The monoisotopic (exact) mass is 255 g/mol. The van der Waals surface area contributed by atoms with Crippen LogP contribution in [0.3, 0.4) is 0 Å². The maximum atomic E-state index is 4.16. The normalized spacial score (nSPS) is 12.0. The van der Waals surface area contributed by atoms with Crippen molar-refractivity contribution >= 4 is 11.4 Å². The predicted octanol–water partition coefficient (Wildman–Crippen LogP) is 3.63. The number of pyridine rings is 1. The molecule has 19 heavy (non-hydrogen) atoms. The maximum Gasteiger partial charge on any atom is 0.0561 e. The van der Waals surface area contributed by atoms with Gasteiger partial charge in [0.05, 0.1) is 11.9 Å². The van der Waals surface area contributed by atoms with Crippen LogP contribution in [0.5, 0.6) is 0 Å². The molecule has 1 heterocycles. The highest BCUT2D eigenvalue weighted by molar-refractivity contribution is 5.51. The van der Waals surface area contributed by atoms with Gasteiger partial charge in [0.25, 0.3) is 0 Å². The summed E-state index contributed by atoms with van der Waals surface area (Å²) in [4.78, 5) is 6.26. The van der Waals surface area contributed by atoms with Crippen molar-refractivity contribution in [3.8, 4) is 0 Å². The van der Waals surface area contributed by atoms with E-state index in [1.807, 2.05) is 18.5 Å². The van der Waals surface area contributed by atoms with Crippen molar-refractivity contribution in [1.82, 2.24) is 4.98 Å². The fourth-order valence-electron chi connectivity index (χ4n) is 1.99. The molecular formula is C16H21N3. The molecule has 0 bridgehead atoms. The summed E-state index contributed by atoms with van der Waals surface area (Å²) in [7, 11) is 4.10. The van der Waals surface area contributed by atoms with Crippen molar-refractivity contribution in [3.05, 3.63) is 53.9 Å². The highest BCUT2D eigenvalue weighted by Gasteiger charge is 2.07. The number of nitrogens with one attached hydrogen (secondary N) is 1. The van der Waals surface area contributed by atoms with Gasteiger partial charge in [-0.3, -0.25) is 4.98 Å². The Morgan fingerprint density at radius 3 is 2.37 bits per heavy atom. The summed E-state index contributed by atoms with van der Waals surface area (Å²) in [6, 6.07) is 10.9. The van der Waals surface area contributed by atoms with Crippen LogP contribution < -0.4 is 10.2 Å². The minimum absolute atomic E-state index is 0.263. The van der Waals surface area contributed by atoms with Crippen molar-refractivity contribution in [1.29, 1.82) is 0 Å². The second kappa shape index (κ2) is 5.74. The van der Waals surface area contributed by atoms with E-state index in [1.165, 1.54) is 16.8 Å². The molecule has 0 saturated carbocycles. The Labute approximate surface area is 115 Å². The summed E-state index contributed by atoms with van der Waals surface area (Å²) in [5.74, 6) is 0. The van der Waals surface area contributed by atoms with Gasteiger partial charge >= 0.3 is 0 Å². The number of aromatic nitrogens is 1. The highest BCUT2D eigenvalue weighted by atomic mass is 15.1. The summed E-state index contributed by atoms with van der Waals surface area (Å²) < 4.78 is 0. The number of aryl methyl sites for hydroxylation is 1. The minimum Gasteiger partial charge on any atom is -0.378 e. The number of hydrogen-bond donors (Lipinski definition) is 1. The lowest BCUT2D eigenvalue weighted by Gasteiger charge is -2.18. The fraction of sp³-hybridized carbons (Fsp3) is 0.312. The van der Waals surface area contributed by atoms with Crippen LogP contribution in [-0.2, 0) is 0 Å². The molecule has 2 aromatic rings. The average Bonchev–Trinajstić information content (AvgIpc) is 2.41. The number of anilines is 2. The zero-order valence-corrected chi connectivity index (χ0v) is 12.0. The Kier molecular flexibility index (Phi) is 4.05. The minimum atomic E-state index is 0.263. The van der Waals surface area contributed by atoms with Gasteiger partial charge in [-0.15, -0.1) is 0 Å². The van der Waals surface area contributed by atoms with Crippen molar-refractivity contribution in [2.24, 2.45) is 0 Å². The summed E-state index contributed by atoms with van der Waals surface area (Å²) >= 11 is 0. The molecule has 0 aliphatic rings. The molecule has 3 nitrogen and oxygen atoms in total. The number of rotatable bonds is 4. The molecule has 0 aliphatic carbocycles. The van der Waals surface area contributed by atoms with Gasteiger partial charge in [0, 0.05) is 32.0 Å². The van der Waals surface area contributed by atoms with E-state index >= 15 is 0 Å². The SMILES string of the molecule is Cc1ccncc1NC(C)c1ccc(N(C)C)cc1. The van der Waals surface area contributed by atoms with E-state index in [9.17, 15) is 0 Å². The first-order valence-electron chi connectivity index (χ1n) is 6.52. The van der Waals surface area contributed by atoms with Gasteiger partial charge in [0.15, 0.2) is 0 Å². The summed E-state index contributed by atoms with van der Waals surface area (Å²) in [5.41, 5.74) is 4.79. The Morgan fingerprint density at radius 2 is 1.79 bits per heavy atom. The van der Waals surface area contributed by atoms with Crippen LogP contribution in [0.15, 0.2) is 42.7 Å². The van der Waals surface area contributed by atoms with E-state index in [0.29, 0.717) is 0 Å². The van der Waals surface area contributed by atoms with E-state index in [0.717, 1.165) is 5.69 Å². The number of benzene rings is 1. The molecular weight excluding hydrogens is 234 g/mol. The van der Waals surface area contributed by atoms with Crippen LogP contribution in [0.4, 0.5) is 11.4 Å². The first-order valence-corrected chi connectivity index (χ1v) is 6.52. The van der Waals surface area contributed by atoms with E-state index < -0.39 is 0 Å². The fourth-order valence-corrected chi connectivity index (χ4v) is 1.99. The van der Waals surface area contributed by atoms with Gasteiger partial charge in [0.1, 0.15) is 0 Å². The molecule has 0 saturated heterocycles. The lowest BCUT2D eigenvalue weighted by molar-refractivity contribution is 0.880. The first kappa shape index (κ1) is 13.4. The highest BCUT2D eigenvalue weighted by Crippen LogP contribution is 2.22. The molecule has 2 rings (SSSR count). The van der Waals surface area contributed by atoms with Crippen LogP contribution in [0, 0.1) is 6.92 Å². The molecule has 1 unspecified atom stereocenters. The molecule has 1 N–H and O–H groups in total. The summed E-state index contributed by atoms with van der Waals surface area (Å²) in [6.45, 7) is 4.25. The lowest BCUT2D eigenvalue weighted by Crippen LogP contribution is -2.10. The van der Waals surface area contributed by atoms with Crippen LogP contribution in [0.2, 0.25) is 0 Å². The largest absolute Gasteiger partial charge is 0.378 e. The molecule has 1 aromatic carbocycles.